The SMILES string of the molecule is Cc1nc2c(-c3cccc(N4CCN(C)CC4)c3)cnn2c(N)c1-c1ccc(N)cc1.Cl. The van der Waals surface area contributed by atoms with E-state index in [9.17, 15) is 0 Å². The second kappa shape index (κ2) is 8.68. The van der Waals surface area contributed by atoms with Crippen molar-refractivity contribution in [2.24, 2.45) is 0 Å². The standard InChI is InChI=1S/C24H27N7.ClH/c1-16-22(17-6-8-19(25)9-7-17)23(26)31-24(28-16)21(15-27-31)18-4-3-5-20(14-18)30-12-10-29(2)11-13-30;/h3-9,14-15H,10-13,25-26H2,1-2H3;1H. The Hall–Kier alpha value is -3.29. The molecule has 0 spiro atoms. The Morgan fingerprint density at radius 2 is 1.62 bits per heavy atom. The maximum absolute atomic E-state index is 6.56. The normalized spacial score (nSPS) is 14.5. The third-order valence-corrected chi connectivity index (χ3v) is 6.09. The molecule has 5 rings (SSSR count). The first-order valence-corrected chi connectivity index (χ1v) is 10.5. The minimum atomic E-state index is 0. The molecule has 0 radical (unpaired) electrons. The highest BCUT2D eigenvalue weighted by molar-refractivity contribution is 5.85. The Morgan fingerprint density at radius 3 is 2.34 bits per heavy atom. The van der Waals surface area contributed by atoms with Gasteiger partial charge in [0.05, 0.1) is 11.9 Å². The van der Waals surface area contributed by atoms with Crippen LogP contribution >= 0.6 is 12.4 Å². The highest BCUT2D eigenvalue weighted by atomic mass is 35.5. The van der Waals surface area contributed by atoms with E-state index in [0.29, 0.717) is 5.82 Å². The molecule has 2 aromatic carbocycles. The molecule has 32 heavy (non-hydrogen) atoms. The van der Waals surface area contributed by atoms with Crippen molar-refractivity contribution in [2.45, 2.75) is 6.92 Å². The molecule has 0 bridgehead atoms. The quantitative estimate of drug-likeness (QED) is 0.463. The number of hydrogen-bond acceptors (Lipinski definition) is 6. The summed E-state index contributed by atoms with van der Waals surface area (Å²) in [6.07, 6.45) is 1.86. The maximum Gasteiger partial charge on any atom is 0.165 e. The lowest BCUT2D eigenvalue weighted by atomic mass is 10.0. The predicted molar refractivity (Wildman–Crippen MR) is 134 cm³/mol. The van der Waals surface area contributed by atoms with Crippen molar-refractivity contribution in [3.63, 3.8) is 0 Å². The van der Waals surface area contributed by atoms with Crippen LogP contribution in [0, 0.1) is 6.92 Å². The van der Waals surface area contributed by atoms with Crippen LogP contribution in [0.15, 0.2) is 54.7 Å². The summed E-state index contributed by atoms with van der Waals surface area (Å²) in [5, 5.41) is 4.58. The van der Waals surface area contributed by atoms with Crippen molar-refractivity contribution in [2.75, 3.05) is 49.6 Å². The number of aromatic nitrogens is 3. The Bertz CT molecular complexity index is 1240. The highest BCUT2D eigenvalue weighted by Gasteiger charge is 2.18. The summed E-state index contributed by atoms with van der Waals surface area (Å²) < 4.78 is 1.73. The van der Waals surface area contributed by atoms with Crippen LogP contribution in [0.5, 0.6) is 0 Å². The van der Waals surface area contributed by atoms with Crippen molar-refractivity contribution in [3.8, 4) is 22.3 Å². The number of nitrogens with zero attached hydrogens (tertiary/aromatic N) is 5. The summed E-state index contributed by atoms with van der Waals surface area (Å²) in [6.45, 7) is 6.20. The van der Waals surface area contributed by atoms with Gasteiger partial charge in [-0.05, 0) is 49.4 Å². The third kappa shape index (κ3) is 3.85. The molecule has 1 saturated heterocycles. The number of piperazine rings is 1. The summed E-state index contributed by atoms with van der Waals surface area (Å²) in [6, 6.07) is 16.3. The number of aryl methyl sites for hydroxylation is 1. The second-order valence-electron chi connectivity index (χ2n) is 8.21. The fraction of sp³-hybridized carbons (Fsp3) is 0.250. The molecular formula is C24H28ClN7. The van der Waals surface area contributed by atoms with E-state index in [1.54, 1.807) is 4.52 Å². The van der Waals surface area contributed by atoms with E-state index in [0.717, 1.165) is 65.5 Å². The molecular weight excluding hydrogens is 422 g/mol. The van der Waals surface area contributed by atoms with Gasteiger partial charge in [0.1, 0.15) is 5.82 Å². The number of benzene rings is 2. The van der Waals surface area contributed by atoms with Gasteiger partial charge in [-0.15, -0.1) is 12.4 Å². The van der Waals surface area contributed by atoms with E-state index in [2.05, 4.69) is 46.2 Å². The zero-order valence-electron chi connectivity index (χ0n) is 18.3. The van der Waals surface area contributed by atoms with Gasteiger partial charge in [0.2, 0.25) is 0 Å². The van der Waals surface area contributed by atoms with Gasteiger partial charge in [-0.1, -0.05) is 24.3 Å². The van der Waals surface area contributed by atoms with E-state index in [1.165, 1.54) is 5.69 Å². The maximum atomic E-state index is 6.56. The molecule has 8 heteroatoms. The van der Waals surface area contributed by atoms with E-state index in [4.69, 9.17) is 16.5 Å². The molecule has 7 nitrogen and oxygen atoms in total. The lowest BCUT2D eigenvalue weighted by Gasteiger charge is -2.34. The number of rotatable bonds is 3. The van der Waals surface area contributed by atoms with Crippen molar-refractivity contribution < 1.29 is 0 Å². The third-order valence-electron chi connectivity index (χ3n) is 6.09. The Morgan fingerprint density at radius 1 is 0.906 bits per heavy atom. The Balaban J connectivity index is 0.00000245. The summed E-state index contributed by atoms with van der Waals surface area (Å²) in [7, 11) is 2.17. The second-order valence-corrected chi connectivity index (χ2v) is 8.21. The number of nitrogens with two attached hydrogens (primary N) is 2. The van der Waals surface area contributed by atoms with Gasteiger partial charge in [-0.25, -0.2) is 4.98 Å². The molecule has 0 amide bonds. The smallest absolute Gasteiger partial charge is 0.165 e. The monoisotopic (exact) mass is 449 g/mol. The number of likely N-dealkylation sites (N-methyl/N-ethyl adjacent to an activating group) is 1. The minimum absolute atomic E-state index is 0. The molecule has 3 heterocycles. The summed E-state index contributed by atoms with van der Waals surface area (Å²) in [4.78, 5) is 9.69. The van der Waals surface area contributed by atoms with Crippen LogP contribution < -0.4 is 16.4 Å². The number of halogens is 1. The molecule has 166 valence electrons. The summed E-state index contributed by atoms with van der Waals surface area (Å²) in [5.41, 5.74) is 19.9. The van der Waals surface area contributed by atoms with Crippen LogP contribution in [0.1, 0.15) is 5.69 Å². The number of hydrogen-bond donors (Lipinski definition) is 2. The first kappa shape index (κ1) is 21.9. The molecule has 1 aliphatic heterocycles. The van der Waals surface area contributed by atoms with Crippen LogP contribution in [-0.4, -0.2) is 52.7 Å². The fourth-order valence-electron chi connectivity index (χ4n) is 4.28. The number of anilines is 3. The Kier molecular flexibility index (Phi) is 5.95. The van der Waals surface area contributed by atoms with Gasteiger partial charge >= 0.3 is 0 Å². The fourth-order valence-corrected chi connectivity index (χ4v) is 4.28. The van der Waals surface area contributed by atoms with Crippen LogP contribution in [0.2, 0.25) is 0 Å². The minimum Gasteiger partial charge on any atom is -0.399 e. The van der Waals surface area contributed by atoms with Crippen molar-refractivity contribution in [1.29, 1.82) is 0 Å². The molecule has 2 aromatic heterocycles. The predicted octanol–water partition coefficient (Wildman–Crippen LogP) is 3.71. The van der Waals surface area contributed by atoms with Gasteiger partial charge < -0.3 is 21.3 Å². The first-order chi connectivity index (χ1) is 15.0. The van der Waals surface area contributed by atoms with Gasteiger partial charge in [0.15, 0.2) is 5.65 Å². The van der Waals surface area contributed by atoms with E-state index >= 15 is 0 Å². The van der Waals surface area contributed by atoms with Crippen LogP contribution in [0.3, 0.4) is 0 Å². The molecule has 0 aliphatic carbocycles. The van der Waals surface area contributed by atoms with Gasteiger partial charge in [0, 0.05) is 48.7 Å². The van der Waals surface area contributed by atoms with Crippen LogP contribution in [0.25, 0.3) is 27.9 Å². The molecule has 1 aliphatic rings. The van der Waals surface area contributed by atoms with E-state index < -0.39 is 0 Å². The largest absolute Gasteiger partial charge is 0.399 e. The van der Waals surface area contributed by atoms with Crippen molar-refractivity contribution >= 4 is 35.2 Å². The molecule has 0 saturated carbocycles. The zero-order chi connectivity index (χ0) is 21.5. The highest BCUT2D eigenvalue weighted by Crippen LogP contribution is 2.34. The molecule has 4 N–H and O–H groups in total. The number of nitrogen functional groups attached to an aromatic ring is 2. The first-order valence-electron chi connectivity index (χ1n) is 10.5. The van der Waals surface area contributed by atoms with Crippen LogP contribution in [0.4, 0.5) is 17.2 Å². The van der Waals surface area contributed by atoms with E-state index in [-0.39, 0.29) is 12.4 Å². The van der Waals surface area contributed by atoms with Gasteiger partial charge in [0.25, 0.3) is 0 Å². The average molecular weight is 450 g/mol. The van der Waals surface area contributed by atoms with Crippen molar-refractivity contribution in [1.82, 2.24) is 19.5 Å². The lowest BCUT2D eigenvalue weighted by molar-refractivity contribution is 0.313. The number of fused-ring (bicyclic) bond motifs is 1. The van der Waals surface area contributed by atoms with Gasteiger partial charge in [-0.3, -0.25) is 0 Å². The average Bonchev–Trinajstić information content (AvgIpc) is 3.20. The zero-order valence-corrected chi connectivity index (χ0v) is 19.1. The Labute approximate surface area is 194 Å². The summed E-state index contributed by atoms with van der Waals surface area (Å²) >= 11 is 0. The van der Waals surface area contributed by atoms with Crippen molar-refractivity contribution in [3.05, 3.63) is 60.4 Å². The molecule has 4 aromatic rings. The van der Waals surface area contributed by atoms with Crippen LogP contribution in [-0.2, 0) is 0 Å². The van der Waals surface area contributed by atoms with Gasteiger partial charge in [-0.2, -0.15) is 9.61 Å². The molecule has 1 fully saturated rings. The molecule has 0 atom stereocenters. The molecule has 0 unspecified atom stereocenters. The van der Waals surface area contributed by atoms with E-state index in [1.807, 2.05) is 37.4 Å². The topological polar surface area (TPSA) is 88.7 Å². The lowest BCUT2D eigenvalue weighted by Crippen LogP contribution is -2.44. The summed E-state index contributed by atoms with van der Waals surface area (Å²) in [5.74, 6) is 0.578.